The summed E-state index contributed by atoms with van der Waals surface area (Å²) in [6.45, 7) is 4.66. The maximum atomic E-state index is 5.91. The summed E-state index contributed by atoms with van der Waals surface area (Å²) >= 11 is 0. The Bertz CT molecular complexity index is 1120. The lowest BCUT2D eigenvalue weighted by Crippen LogP contribution is -2.28. The lowest BCUT2D eigenvalue weighted by atomic mass is 10.3. The Morgan fingerprint density at radius 2 is 1.46 bits per heavy atom. The van der Waals surface area contributed by atoms with E-state index in [1.54, 1.807) is 0 Å². The highest BCUT2D eigenvalue weighted by atomic mass is 15.3. The van der Waals surface area contributed by atoms with Crippen molar-refractivity contribution in [1.29, 1.82) is 0 Å². The first kappa shape index (κ1) is 25.2. The van der Waals surface area contributed by atoms with Crippen molar-refractivity contribution in [2.75, 3.05) is 34.4 Å². The van der Waals surface area contributed by atoms with Crippen LogP contribution in [0.2, 0.25) is 0 Å². The first-order valence-corrected chi connectivity index (χ1v) is 11.2. The Labute approximate surface area is 204 Å². The molecule has 0 aliphatic heterocycles. The van der Waals surface area contributed by atoms with Crippen molar-refractivity contribution in [2.24, 2.45) is 27.2 Å². The van der Waals surface area contributed by atoms with Gasteiger partial charge in [0.15, 0.2) is 0 Å². The molecule has 0 saturated heterocycles. The highest BCUT2D eigenvalue weighted by Gasteiger charge is 2.10. The van der Waals surface area contributed by atoms with Crippen molar-refractivity contribution in [3.63, 3.8) is 0 Å². The maximum absolute atomic E-state index is 5.91. The topological polar surface area (TPSA) is 190 Å². The molecule has 3 aromatic rings. The fourth-order valence-corrected chi connectivity index (χ4v) is 2.83. The van der Waals surface area contributed by atoms with E-state index in [0.29, 0.717) is 30.9 Å². The average Bonchev–Trinajstić information content (AvgIpc) is 2.82. The van der Waals surface area contributed by atoms with Crippen LogP contribution in [0.5, 0.6) is 0 Å². The highest BCUT2D eigenvalue weighted by Crippen LogP contribution is 2.16. The number of hydrogen-bond acceptors (Lipinski definition) is 8. The number of nitrogens with two attached hydrogens (primary N) is 3. The van der Waals surface area contributed by atoms with Gasteiger partial charge >= 0.3 is 0 Å². The van der Waals surface area contributed by atoms with Crippen LogP contribution < -0.4 is 38.5 Å². The molecule has 10 N–H and O–H groups in total. The minimum Gasteiger partial charge on any atom is -0.369 e. The number of anilines is 5. The molecule has 2 atom stereocenters. The lowest BCUT2D eigenvalue weighted by Gasteiger charge is -2.15. The summed E-state index contributed by atoms with van der Waals surface area (Å²) in [4.78, 5) is 21.7. The van der Waals surface area contributed by atoms with E-state index in [9.17, 15) is 0 Å². The minimum absolute atomic E-state index is 0.0564. The van der Waals surface area contributed by atoms with Crippen LogP contribution in [0.1, 0.15) is 13.8 Å². The zero-order chi connectivity index (χ0) is 25.0. The number of benzene rings is 2. The average molecular weight is 477 g/mol. The summed E-state index contributed by atoms with van der Waals surface area (Å²) in [5, 5.41) is 12.5. The van der Waals surface area contributed by atoms with E-state index < -0.39 is 0 Å². The van der Waals surface area contributed by atoms with Crippen molar-refractivity contribution in [3.05, 3.63) is 60.7 Å². The van der Waals surface area contributed by atoms with Gasteiger partial charge in [0.1, 0.15) is 0 Å². The molecule has 3 rings (SSSR count). The molecule has 12 nitrogen and oxygen atoms in total. The second-order valence-corrected chi connectivity index (χ2v) is 7.89. The molecule has 0 spiro atoms. The minimum atomic E-state index is -0.152. The second kappa shape index (κ2) is 12.7. The molecular formula is C23H32N12. The van der Waals surface area contributed by atoms with Gasteiger partial charge in [-0.15, -0.1) is 0 Å². The zero-order valence-corrected chi connectivity index (χ0v) is 19.8. The molecular weight excluding hydrogens is 444 g/mol. The van der Waals surface area contributed by atoms with E-state index in [1.165, 1.54) is 0 Å². The smallest absolute Gasteiger partial charge is 0.233 e. The van der Waals surface area contributed by atoms with Gasteiger partial charge in [0.25, 0.3) is 0 Å². The molecule has 2 unspecified atom stereocenters. The third-order valence-electron chi connectivity index (χ3n) is 4.43. The third kappa shape index (κ3) is 9.14. The van der Waals surface area contributed by atoms with Gasteiger partial charge in [-0.3, -0.25) is 0 Å². The molecule has 184 valence electrons. The number of aromatic nitrogens is 3. The quantitative estimate of drug-likeness (QED) is 0.168. The molecule has 0 amide bonds. The van der Waals surface area contributed by atoms with Crippen LogP contribution in [-0.4, -0.2) is 52.0 Å². The van der Waals surface area contributed by atoms with E-state index in [4.69, 9.17) is 17.2 Å². The molecule has 0 aliphatic rings. The summed E-state index contributed by atoms with van der Waals surface area (Å²) in [5.41, 5.74) is 19.3. The molecule has 0 radical (unpaired) electrons. The maximum Gasteiger partial charge on any atom is 0.233 e. The largest absolute Gasteiger partial charge is 0.369 e. The van der Waals surface area contributed by atoms with Gasteiger partial charge in [0.2, 0.25) is 29.8 Å². The summed E-state index contributed by atoms with van der Waals surface area (Å²) in [5.74, 6) is 1.37. The highest BCUT2D eigenvalue weighted by molar-refractivity contribution is 6.00. The van der Waals surface area contributed by atoms with E-state index in [2.05, 4.69) is 46.2 Å². The van der Waals surface area contributed by atoms with Crippen LogP contribution in [-0.2, 0) is 0 Å². The third-order valence-corrected chi connectivity index (χ3v) is 4.43. The first-order valence-electron chi connectivity index (χ1n) is 11.2. The Morgan fingerprint density at radius 3 is 2.11 bits per heavy atom. The number of para-hydroxylation sites is 2. The monoisotopic (exact) mass is 476 g/mol. The molecule has 0 bridgehead atoms. The Morgan fingerprint density at radius 1 is 0.857 bits per heavy atom. The number of guanidine groups is 2. The number of rotatable bonds is 10. The Balaban J connectivity index is 1.64. The molecule has 0 fully saturated rings. The van der Waals surface area contributed by atoms with E-state index >= 15 is 0 Å². The number of nitrogens with zero attached hydrogens (tertiary/aromatic N) is 5. The summed E-state index contributed by atoms with van der Waals surface area (Å²) in [7, 11) is 0. The van der Waals surface area contributed by atoms with Gasteiger partial charge in [-0.2, -0.15) is 19.9 Å². The van der Waals surface area contributed by atoms with E-state index in [0.717, 1.165) is 11.4 Å². The van der Waals surface area contributed by atoms with Crippen LogP contribution in [0.3, 0.4) is 0 Å². The van der Waals surface area contributed by atoms with Crippen molar-refractivity contribution in [2.45, 2.75) is 25.9 Å². The summed E-state index contributed by atoms with van der Waals surface area (Å²) < 4.78 is 0. The van der Waals surface area contributed by atoms with Gasteiger partial charge in [-0.25, -0.2) is 4.99 Å². The number of hydrogen-bond donors (Lipinski definition) is 7. The molecule has 1 aromatic heterocycles. The molecule has 35 heavy (non-hydrogen) atoms. The Kier molecular flexibility index (Phi) is 9.14. The predicted octanol–water partition coefficient (Wildman–Crippen LogP) is 1.92. The van der Waals surface area contributed by atoms with Gasteiger partial charge in [-0.1, -0.05) is 36.4 Å². The molecule has 12 heteroatoms. The standard InChI is InChI=1S/C23H32N12/c1-15(24)13-28-21-33-22(35-23(34-21)31-18-11-7-4-8-12-18)29-16(2)14-27-19(25)32-20(26)30-17-9-5-3-6-10-17/h3-12,15-16H,13-14,24H2,1-2H3,(H5,25,26,27,30,32)(H3,28,29,31,33,34,35). The first-order chi connectivity index (χ1) is 16.9. The lowest BCUT2D eigenvalue weighted by molar-refractivity contribution is 0.767. The Hall–Kier alpha value is -4.45. The molecule has 0 aliphatic carbocycles. The van der Waals surface area contributed by atoms with E-state index in [1.807, 2.05) is 74.5 Å². The van der Waals surface area contributed by atoms with Crippen LogP contribution in [0.15, 0.2) is 70.6 Å². The molecule has 2 aromatic carbocycles. The normalized spacial score (nSPS) is 13.6. The van der Waals surface area contributed by atoms with Crippen molar-refractivity contribution in [1.82, 2.24) is 15.0 Å². The van der Waals surface area contributed by atoms with Gasteiger partial charge < -0.3 is 38.5 Å². The second-order valence-electron chi connectivity index (χ2n) is 7.89. The van der Waals surface area contributed by atoms with Crippen molar-refractivity contribution >= 4 is 41.1 Å². The summed E-state index contributed by atoms with van der Waals surface area (Å²) in [6.07, 6.45) is 0. The number of aliphatic imine (C=N–C) groups is 2. The van der Waals surface area contributed by atoms with Crippen LogP contribution >= 0.6 is 0 Å². The molecule has 1 heterocycles. The SMILES string of the molecule is CC(N)CNc1nc(Nc2ccccc2)nc(NC(C)CN=C(N)N=C(N)Nc2ccccc2)n1. The van der Waals surface area contributed by atoms with Crippen molar-refractivity contribution < 1.29 is 0 Å². The zero-order valence-electron chi connectivity index (χ0n) is 19.8. The van der Waals surface area contributed by atoms with Crippen molar-refractivity contribution in [3.8, 4) is 0 Å². The predicted molar refractivity (Wildman–Crippen MR) is 143 cm³/mol. The number of nitrogens with one attached hydrogen (secondary N) is 4. The van der Waals surface area contributed by atoms with Crippen LogP contribution in [0.4, 0.5) is 29.2 Å². The van der Waals surface area contributed by atoms with Crippen LogP contribution in [0, 0.1) is 0 Å². The van der Waals surface area contributed by atoms with Gasteiger partial charge in [-0.05, 0) is 38.1 Å². The fourth-order valence-electron chi connectivity index (χ4n) is 2.83. The fraction of sp³-hybridized carbons (Fsp3) is 0.261. The van der Waals surface area contributed by atoms with Gasteiger partial charge in [0.05, 0.1) is 6.54 Å². The summed E-state index contributed by atoms with van der Waals surface area (Å²) in [6, 6.07) is 18.8. The van der Waals surface area contributed by atoms with Crippen LogP contribution in [0.25, 0.3) is 0 Å². The molecule has 0 saturated carbocycles. The van der Waals surface area contributed by atoms with E-state index in [-0.39, 0.29) is 24.0 Å². The van der Waals surface area contributed by atoms with Gasteiger partial charge in [0, 0.05) is 30.0 Å².